The summed E-state index contributed by atoms with van der Waals surface area (Å²) >= 11 is 0. The van der Waals surface area contributed by atoms with Crippen molar-refractivity contribution in [3.8, 4) is 35.3 Å². The second kappa shape index (κ2) is 12.2. The first-order valence-electron chi connectivity index (χ1n) is 11.2. The van der Waals surface area contributed by atoms with Gasteiger partial charge in [-0.05, 0) is 49.6 Å². The highest BCUT2D eigenvalue weighted by Gasteiger charge is 2.23. The molecule has 0 spiro atoms. The number of terminal acetylenes is 1. The number of aliphatic hydroxyl groups excluding tert-OH is 1. The molecular formula is C26H32N2O6. The van der Waals surface area contributed by atoms with Crippen LogP contribution in [0.3, 0.4) is 0 Å². The van der Waals surface area contributed by atoms with Crippen molar-refractivity contribution < 1.29 is 28.8 Å². The summed E-state index contributed by atoms with van der Waals surface area (Å²) in [5.41, 5.74) is 2.53. The summed E-state index contributed by atoms with van der Waals surface area (Å²) in [7, 11) is 3.22. The minimum atomic E-state index is -0.709. The number of carbonyl (C=O) groups excluding carboxylic acids is 1. The quantitative estimate of drug-likeness (QED) is 0.412. The summed E-state index contributed by atoms with van der Waals surface area (Å²) in [4.78, 5) is 11.9. The van der Waals surface area contributed by atoms with Crippen LogP contribution in [0.1, 0.15) is 24.5 Å². The first-order chi connectivity index (χ1) is 16.4. The molecule has 8 heteroatoms. The highest BCUT2D eigenvalue weighted by atomic mass is 16.5. The lowest BCUT2D eigenvalue weighted by molar-refractivity contribution is -0.116. The van der Waals surface area contributed by atoms with Crippen LogP contribution in [-0.4, -0.2) is 57.1 Å². The van der Waals surface area contributed by atoms with Gasteiger partial charge in [-0.2, -0.15) is 0 Å². The molecule has 1 aliphatic heterocycles. The van der Waals surface area contributed by atoms with Crippen molar-refractivity contribution >= 4 is 11.6 Å². The standard InChI is InChI=1S/C26H32N2O6/c1-5-12-33-23-10-9-21(20-7-11-25(30)28-26(20)23)34-16-19(29)15-27-17(2)13-18-6-8-22(31-3)24(14-18)32-4/h1,6,8-10,14,17,19,27,29H,7,11-13,15-16H2,2-4H3,(H,28,30). The fourth-order valence-electron chi connectivity index (χ4n) is 3.82. The fourth-order valence-corrected chi connectivity index (χ4v) is 3.82. The Hall–Kier alpha value is -3.41. The Morgan fingerprint density at radius 1 is 1.09 bits per heavy atom. The van der Waals surface area contributed by atoms with E-state index in [1.165, 1.54) is 0 Å². The van der Waals surface area contributed by atoms with E-state index < -0.39 is 6.10 Å². The van der Waals surface area contributed by atoms with Crippen molar-refractivity contribution in [3.63, 3.8) is 0 Å². The molecule has 1 heterocycles. The maximum Gasteiger partial charge on any atom is 0.224 e. The lowest BCUT2D eigenvalue weighted by Crippen LogP contribution is -2.37. The van der Waals surface area contributed by atoms with Gasteiger partial charge < -0.3 is 34.7 Å². The van der Waals surface area contributed by atoms with Gasteiger partial charge in [0.15, 0.2) is 11.5 Å². The third-order valence-corrected chi connectivity index (χ3v) is 5.53. The summed E-state index contributed by atoms with van der Waals surface area (Å²) in [5, 5.41) is 16.6. The molecule has 0 aromatic heterocycles. The highest BCUT2D eigenvalue weighted by molar-refractivity contribution is 5.96. The molecule has 2 unspecified atom stereocenters. The number of hydrogen-bond acceptors (Lipinski definition) is 7. The molecule has 3 rings (SSSR count). The zero-order valence-corrected chi connectivity index (χ0v) is 19.8. The average Bonchev–Trinajstić information content (AvgIpc) is 2.84. The Morgan fingerprint density at radius 2 is 1.82 bits per heavy atom. The van der Waals surface area contributed by atoms with Gasteiger partial charge in [0, 0.05) is 24.6 Å². The van der Waals surface area contributed by atoms with E-state index in [0.717, 1.165) is 17.5 Å². The van der Waals surface area contributed by atoms with Crippen LogP contribution >= 0.6 is 0 Å². The zero-order chi connectivity index (χ0) is 24.5. The predicted molar refractivity (Wildman–Crippen MR) is 130 cm³/mol. The molecule has 0 saturated carbocycles. The topological polar surface area (TPSA) is 98.3 Å². The smallest absolute Gasteiger partial charge is 0.224 e. The number of fused-ring (bicyclic) bond motifs is 1. The molecule has 8 nitrogen and oxygen atoms in total. The van der Waals surface area contributed by atoms with Gasteiger partial charge in [0.2, 0.25) is 5.91 Å². The zero-order valence-electron chi connectivity index (χ0n) is 19.8. The van der Waals surface area contributed by atoms with Crippen LogP contribution in [0.5, 0.6) is 23.0 Å². The summed E-state index contributed by atoms with van der Waals surface area (Å²) in [6, 6.07) is 9.46. The molecule has 182 valence electrons. The van der Waals surface area contributed by atoms with E-state index in [4.69, 9.17) is 25.4 Å². The molecule has 2 aromatic rings. The molecule has 2 atom stereocenters. The van der Waals surface area contributed by atoms with Gasteiger partial charge in [-0.3, -0.25) is 4.79 Å². The monoisotopic (exact) mass is 468 g/mol. The van der Waals surface area contributed by atoms with Gasteiger partial charge in [-0.15, -0.1) is 6.42 Å². The summed E-state index contributed by atoms with van der Waals surface area (Å²) in [6.45, 7) is 2.64. The summed E-state index contributed by atoms with van der Waals surface area (Å²) in [6.07, 6.45) is 6.22. The van der Waals surface area contributed by atoms with Crippen LogP contribution in [0.25, 0.3) is 0 Å². The van der Waals surface area contributed by atoms with E-state index >= 15 is 0 Å². The van der Waals surface area contributed by atoms with Crippen LogP contribution in [0, 0.1) is 12.3 Å². The Morgan fingerprint density at radius 3 is 2.56 bits per heavy atom. The minimum absolute atomic E-state index is 0.0806. The maximum atomic E-state index is 11.9. The number of amides is 1. The second-order valence-electron chi connectivity index (χ2n) is 8.12. The molecule has 0 fully saturated rings. The number of methoxy groups -OCH3 is 2. The molecule has 1 aliphatic rings. The maximum absolute atomic E-state index is 11.9. The molecule has 1 amide bonds. The number of anilines is 1. The molecule has 0 radical (unpaired) electrons. The highest BCUT2D eigenvalue weighted by Crippen LogP contribution is 2.39. The Kier molecular flexibility index (Phi) is 9.02. The molecular weight excluding hydrogens is 436 g/mol. The molecule has 0 bridgehead atoms. The van der Waals surface area contributed by atoms with E-state index in [2.05, 4.69) is 23.5 Å². The van der Waals surface area contributed by atoms with Gasteiger partial charge in [-0.25, -0.2) is 0 Å². The molecule has 2 aromatic carbocycles. The van der Waals surface area contributed by atoms with Crippen molar-refractivity contribution in [2.75, 3.05) is 39.3 Å². The van der Waals surface area contributed by atoms with Crippen molar-refractivity contribution in [3.05, 3.63) is 41.5 Å². The largest absolute Gasteiger partial charge is 0.493 e. The van der Waals surface area contributed by atoms with Crippen LogP contribution in [0.15, 0.2) is 30.3 Å². The van der Waals surface area contributed by atoms with E-state index in [0.29, 0.717) is 48.1 Å². The van der Waals surface area contributed by atoms with E-state index in [9.17, 15) is 9.90 Å². The van der Waals surface area contributed by atoms with Gasteiger partial charge in [-0.1, -0.05) is 12.0 Å². The van der Waals surface area contributed by atoms with Crippen molar-refractivity contribution in [1.82, 2.24) is 5.32 Å². The first-order valence-corrected chi connectivity index (χ1v) is 11.2. The summed E-state index contributed by atoms with van der Waals surface area (Å²) in [5.74, 6) is 4.85. The molecule has 3 N–H and O–H groups in total. The van der Waals surface area contributed by atoms with Crippen LogP contribution in [0.2, 0.25) is 0 Å². The second-order valence-corrected chi connectivity index (χ2v) is 8.12. The first kappa shape index (κ1) is 25.2. The Labute approximate surface area is 200 Å². The number of carbonyl (C=O) groups is 1. The number of ether oxygens (including phenoxy) is 4. The van der Waals surface area contributed by atoms with Crippen molar-refractivity contribution in [2.45, 2.75) is 38.3 Å². The fraction of sp³-hybridized carbons (Fsp3) is 0.423. The van der Waals surface area contributed by atoms with Gasteiger partial charge in [0.1, 0.15) is 30.8 Å². The van der Waals surface area contributed by atoms with Crippen molar-refractivity contribution in [2.24, 2.45) is 0 Å². The Balaban J connectivity index is 1.53. The van der Waals surface area contributed by atoms with Gasteiger partial charge in [0.05, 0.1) is 19.9 Å². The van der Waals surface area contributed by atoms with E-state index in [-0.39, 0.29) is 25.2 Å². The number of rotatable bonds is 12. The SMILES string of the molecule is C#CCOc1ccc(OCC(O)CNC(C)Cc2ccc(OC)c(OC)c2)c2c1NC(=O)CC2. The van der Waals surface area contributed by atoms with Crippen LogP contribution in [-0.2, 0) is 17.6 Å². The predicted octanol–water partition coefficient (Wildman–Crippen LogP) is 2.56. The average molecular weight is 469 g/mol. The number of aliphatic hydroxyl groups is 1. The van der Waals surface area contributed by atoms with Crippen LogP contribution in [0.4, 0.5) is 5.69 Å². The van der Waals surface area contributed by atoms with Gasteiger partial charge >= 0.3 is 0 Å². The van der Waals surface area contributed by atoms with E-state index in [1.54, 1.807) is 26.4 Å². The van der Waals surface area contributed by atoms with E-state index in [1.807, 2.05) is 18.2 Å². The molecule has 0 saturated heterocycles. The van der Waals surface area contributed by atoms with Crippen LogP contribution < -0.4 is 29.6 Å². The minimum Gasteiger partial charge on any atom is -0.493 e. The summed E-state index contributed by atoms with van der Waals surface area (Å²) < 4.78 is 22.1. The number of benzene rings is 2. The van der Waals surface area contributed by atoms with Gasteiger partial charge in [0.25, 0.3) is 0 Å². The van der Waals surface area contributed by atoms with Crippen molar-refractivity contribution in [1.29, 1.82) is 0 Å². The molecule has 34 heavy (non-hydrogen) atoms. The third kappa shape index (κ3) is 6.56. The lowest BCUT2D eigenvalue weighted by atomic mass is 10.0. The Bertz CT molecular complexity index is 1030. The lowest BCUT2D eigenvalue weighted by Gasteiger charge is -2.24. The molecule has 0 aliphatic carbocycles. The third-order valence-electron chi connectivity index (χ3n) is 5.53. The normalized spacial score (nSPS) is 14.3. The number of nitrogens with one attached hydrogen (secondary N) is 2. The number of hydrogen-bond donors (Lipinski definition) is 3.